The fraction of sp³-hybridized carbons (Fsp3) is 0.325. The van der Waals surface area contributed by atoms with Gasteiger partial charge in [0.25, 0.3) is 0 Å². The van der Waals surface area contributed by atoms with Gasteiger partial charge in [-0.15, -0.1) is 0 Å². The molecule has 0 radical (unpaired) electrons. The van der Waals surface area contributed by atoms with E-state index in [9.17, 15) is 4.79 Å². The highest BCUT2D eigenvalue weighted by molar-refractivity contribution is 5.56. The van der Waals surface area contributed by atoms with E-state index in [1.54, 1.807) is 7.11 Å². The Morgan fingerprint density at radius 2 is 1.34 bits per heavy atom. The standard InChI is InChI=1S/C40H42O4/c1-29-26-37-36(39(29)43-28-30-18-21-35(42-2)22-19-30)23-20-31(38(37)27-41)24-25-44-40(32-12-6-3-7-13-32,33-14-8-4-9-15-33)34-16-10-5-11-17-34/h3-23,27,29,31,36-39H,24-26,28H2,1-2H3/t29-,31-,36+,37+,38+,39+/m1/s1. The normalized spacial score (nSPS) is 24.5. The Morgan fingerprint density at radius 1 is 0.773 bits per heavy atom. The monoisotopic (exact) mass is 586 g/mol. The van der Waals surface area contributed by atoms with Gasteiger partial charge in [-0.1, -0.05) is 122 Å². The molecular weight excluding hydrogens is 544 g/mol. The van der Waals surface area contributed by atoms with Crippen molar-refractivity contribution in [2.75, 3.05) is 13.7 Å². The number of carbonyl (C=O) groups excluding carboxylic acids is 1. The van der Waals surface area contributed by atoms with E-state index in [2.05, 4.69) is 104 Å². The molecule has 0 saturated heterocycles. The van der Waals surface area contributed by atoms with E-state index in [0.29, 0.717) is 19.1 Å². The lowest BCUT2D eigenvalue weighted by molar-refractivity contribution is -0.115. The molecule has 2 aliphatic rings. The lowest BCUT2D eigenvalue weighted by Crippen LogP contribution is -2.36. The van der Waals surface area contributed by atoms with Crippen molar-refractivity contribution in [3.05, 3.63) is 150 Å². The first kappa shape index (κ1) is 30.1. The van der Waals surface area contributed by atoms with Crippen LogP contribution in [0.2, 0.25) is 0 Å². The van der Waals surface area contributed by atoms with Crippen LogP contribution in [0.25, 0.3) is 0 Å². The summed E-state index contributed by atoms with van der Waals surface area (Å²) >= 11 is 0. The Labute approximate surface area is 261 Å². The zero-order valence-electron chi connectivity index (χ0n) is 25.6. The van der Waals surface area contributed by atoms with Gasteiger partial charge in [-0.05, 0) is 65.0 Å². The first-order valence-electron chi connectivity index (χ1n) is 15.8. The maximum Gasteiger partial charge on any atom is 0.143 e. The van der Waals surface area contributed by atoms with Crippen LogP contribution in [-0.4, -0.2) is 26.1 Å². The SMILES string of the molecule is COc1ccc(CO[C@@H]2[C@H]3C=C[C@H](CCOC(c4ccccc4)(c4ccccc4)c4ccccc4)[C@H](C=O)[C@H]3C[C@H]2C)cc1. The quantitative estimate of drug-likeness (QED) is 0.0953. The van der Waals surface area contributed by atoms with Crippen molar-refractivity contribution >= 4 is 6.29 Å². The average molecular weight is 587 g/mol. The maximum absolute atomic E-state index is 12.7. The Kier molecular flexibility index (Phi) is 9.40. The minimum atomic E-state index is -0.760. The van der Waals surface area contributed by atoms with E-state index in [1.165, 1.54) is 6.29 Å². The maximum atomic E-state index is 12.7. The van der Waals surface area contributed by atoms with Crippen LogP contribution in [0, 0.1) is 29.6 Å². The fourth-order valence-corrected chi connectivity index (χ4v) is 7.52. The number of aldehydes is 1. The number of rotatable bonds is 12. The summed E-state index contributed by atoms with van der Waals surface area (Å²) < 4.78 is 18.9. The van der Waals surface area contributed by atoms with Crippen molar-refractivity contribution in [2.24, 2.45) is 29.6 Å². The van der Waals surface area contributed by atoms with E-state index in [-0.39, 0.29) is 29.8 Å². The van der Waals surface area contributed by atoms with Gasteiger partial charge in [0.15, 0.2) is 0 Å². The molecule has 0 unspecified atom stereocenters. The van der Waals surface area contributed by atoms with E-state index < -0.39 is 5.60 Å². The third kappa shape index (κ3) is 6.02. The topological polar surface area (TPSA) is 44.8 Å². The smallest absolute Gasteiger partial charge is 0.143 e. The van der Waals surface area contributed by atoms with Crippen molar-refractivity contribution in [1.82, 2.24) is 0 Å². The van der Waals surface area contributed by atoms with E-state index >= 15 is 0 Å². The molecule has 4 heteroatoms. The second-order valence-electron chi connectivity index (χ2n) is 12.3. The van der Waals surface area contributed by atoms with E-state index in [1.807, 2.05) is 30.3 Å². The van der Waals surface area contributed by atoms with E-state index in [4.69, 9.17) is 14.2 Å². The van der Waals surface area contributed by atoms with Crippen LogP contribution in [-0.2, 0) is 26.5 Å². The lowest BCUT2D eigenvalue weighted by atomic mass is 9.71. The van der Waals surface area contributed by atoms with Crippen molar-refractivity contribution in [3.63, 3.8) is 0 Å². The summed E-state index contributed by atoms with van der Waals surface area (Å²) in [4.78, 5) is 12.7. The Balaban J connectivity index is 1.20. The molecule has 1 fully saturated rings. The Hall–Kier alpha value is -3.99. The minimum Gasteiger partial charge on any atom is -0.497 e. The molecule has 0 N–H and O–H groups in total. The predicted octanol–water partition coefficient (Wildman–Crippen LogP) is 8.25. The van der Waals surface area contributed by atoms with Crippen LogP contribution in [0.3, 0.4) is 0 Å². The summed E-state index contributed by atoms with van der Waals surface area (Å²) in [7, 11) is 1.68. The van der Waals surface area contributed by atoms with Crippen LogP contribution in [0.5, 0.6) is 5.75 Å². The number of allylic oxidation sites excluding steroid dienone is 1. The highest BCUT2D eigenvalue weighted by atomic mass is 16.5. The van der Waals surface area contributed by atoms with Gasteiger partial charge >= 0.3 is 0 Å². The molecule has 0 heterocycles. The summed E-state index contributed by atoms with van der Waals surface area (Å²) in [5, 5.41) is 0. The number of carbonyl (C=O) groups is 1. The van der Waals surface area contributed by atoms with Crippen molar-refractivity contribution < 1.29 is 19.0 Å². The number of hydrogen-bond donors (Lipinski definition) is 0. The first-order valence-corrected chi connectivity index (χ1v) is 15.8. The molecule has 0 aliphatic heterocycles. The zero-order valence-corrected chi connectivity index (χ0v) is 25.6. The Bertz CT molecular complexity index is 1400. The third-order valence-electron chi connectivity index (χ3n) is 9.72. The molecule has 4 aromatic carbocycles. The van der Waals surface area contributed by atoms with Gasteiger partial charge < -0.3 is 19.0 Å². The number of methoxy groups -OCH3 is 1. The molecule has 4 nitrogen and oxygen atoms in total. The average Bonchev–Trinajstić information content (AvgIpc) is 3.41. The number of ether oxygens (including phenoxy) is 3. The highest BCUT2D eigenvalue weighted by Crippen LogP contribution is 2.49. The molecule has 0 amide bonds. The van der Waals surface area contributed by atoms with Crippen LogP contribution < -0.4 is 4.74 Å². The van der Waals surface area contributed by atoms with Crippen LogP contribution in [0.15, 0.2) is 127 Å². The van der Waals surface area contributed by atoms with E-state index in [0.717, 1.165) is 40.8 Å². The number of benzene rings is 4. The second-order valence-corrected chi connectivity index (χ2v) is 12.3. The number of fused-ring (bicyclic) bond motifs is 1. The van der Waals surface area contributed by atoms with Gasteiger partial charge in [0.2, 0.25) is 0 Å². The molecule has 6 rings (SSSR count). The molecule has 2 aliphatic carbocycles. The van der Waals surface area contributed by atoms with Crippen LogP contribution >= 0.6 is 0 Å². The van der Waals surface area contributed by atoms with Gasteiger partial charge in [0.1, 0.15) is 17.6 Å². The molecule has 0 bridgehead atoms. The highest BCUT2D eigenvalue weighted by Gasteiger charge is 2.48. The molecule has 4 aromatic rings. The first-order chi connectivity index (χ1) is 21.6. The fourth-order valence-electron chi connectivity index (χ4n) is 7.52. The molecular formula is C40H42O4. The molecule has 1 saturated carbocycles. The van der Waals surface area contributed by atoms with Crippen molar-refractivity contribution in [1.29, 1.82) is 0 Å². The third-order valence-corrected chi connectivity index (χ3v) is 9.72. The second kappa shape index (κ2) is 13.8. The van der Waals surface area contributed by atoms with Crippen LogP contribution in [0.4, 0.5) is 0 Å². The molecule has 6 atom stereocenters. The molecule has 226 valence electrons. The lowest BCUT2D eigenvalue weighted by Gasteiger charge is -2.38. The van der Waals surface area contributed by atoms with Gasteiger partial charge in [-0.25, -0.2) is 0 Å². The summed E-state index contributed by atoms with van der Waals surface area (Å²) in [5.41, 5.74) is 3.63. The molecule has 0 spiro atoms. The largest absolute Gasteiger partial charge is 0.497 e. The minimum absolute atomic E-state index is 0.0507. The van der Waals surface area contributed by atoms with Crippen molar-refractivity contribution in [3.8, 4) is 5.75 Å². The van der Waals surface area contributed by atoms with Gasteiger partial charge in [-0.2, -0.15) is 0 Å². The van der Waals surface area contributed by atoms with Gasteiger partial charge in [-0.3, -0.25) is 0 Å². The van der Waals surface area contributed by atoms with Gasteiger partial charge in [0, 0.05) is 18.4 Å². The summed E-state index contributed by atoms with van der Waals surface area (Å²) in [6.45, 7) is 3.33. The number of hydrogen-bond acceptors (Lipinski definition) is 4. The summed E-state index contributed by atoms with van der Waals surface area (Å²) in [5.74, 6) is 1.82. The van der Waals surface area contributed by atoms with Gasteiger partial charge in [0.05, 0.1) is 19.8 Å². The van der Waals surface area contributed by atoms with Crippen LogP contribution in [0.1, 0.15) is 42.0 Å². The van der Waals surface area contributed by atoms with Crippen molar-refractivity contribution in [2.45, 2.75) is 38.1 Å². The summed E-state index contributed by atoms with van der Waals surface area (Å²) in [6, 6.07) is 39.4. The zero-order chi connectivity index (χ0) is 30.4. The predicted molar refractivity (Wildman–Crippen MR) is 174 cm³/mol. The molecule has 0 aromatic heterocycles. The summed E-state index contributed by atoms with van der Waals surface area (Å²) in [6.07, 6.45) is 7.65. The Morgan fingerprint density at radius 3 is 1.86 bits per heavy atom. The molecule has 44 heavy (non-hydrogen) atoms.